The fourth-order valence-electron chi connectivity index (χ4n) is 4.37. The first kappa shape index (κ1) is 24.9. The third kappa shape index (κ3) is 4.93. The average Bonchev–Trinajstić information content (AvgIpc) is 3.33. The van der Waals surface area contributed by atoms with Gasteiger partial charge in [-0.1, -0.05) is 6.92 Å². The maximum Gasteiger partial charge on any atom is 0.217 e. The third-order valence-electron chi connectivity index (χ3n) is 6.09. The Morgan fingerprint density at radius 3 is 2.47 bits per heavy atom. The van der Waals surface area contributed by atoms with Crippen molar-refractivity contribution < 1.29 is 14.0 Å². The van der Waals surface area contributed by atoms with Crippen LogP contribution in [0.1, 0.15) is 52.5 Å². The number of Topliss-reactive ketones (excluding diaryl/α,β-unsaturated/α-hetero) is 1. The number of aryl methyl sites for hydroxylation is 2. The molecule has 3 heterocycles. The predicted molar refractivity (Wildman–Crippen MR) is 132 cm³/mol. The van der Waals surface area contributed by atoms with Gasteiger partial charge in [-0.3, -0.25) is 14.3 Å². The van der Waals surface area contributed by atoms with Crippen molar-refractivity contribution in [1.82, 2.24) is 34.8 Å². The highest BCUT2D eigenvalue weighted by molar-refractivity contribution is 6.01. The summed E-state index contributed by atoms with van der Waals surface area (Å²) < 4.78 is 16.9. The molecule has 10 heteroatoms. The Labute approximate surface area is 208 Å². The van der Waals surface area contributed by atoms with Crippen molar-refractivity contribution in [2.24, 2.45) is 7.05 Å². The number of carbonyl (C=O) groups excluding carboxylic acids is 2. The van der Waals surface area contributed by atoms with Gasteiger partial charge >= 0.3 is 0 Å². The fraction of sp³-hybridized carbons (Fsp3) is 0.308. The summed E-state index contributed by atoms with van der Waals surface area (Å²) in [6.07, 6.45) is 2.74. The molecule has 0 aliphatic carbocycles. The molecule has 0 atom stereocenters. The highest BCUT2D eigenvalue weighted by Gasteiger charge is 2.21. The Morgan fingerprint density at radius 2 is 1.81 bits per heavy atom. The summed E-state index contributed by atoms with van der Waals surface area (Å²) >= 11 is 0. The lowest BCUT2D eigenvalue weighted by atomic mass is 10.0. The van der Waals surface area contributed by atoms with E-state index in [2.05, 4.69) is 27.3 Å². The van der Waals surface area contributed by atoms with Gasteiger partial charge in [0.15, 0.2) is 11.6 Å². The zero-order chi connectivity index (χ0) is 26.0. The number of carbonyl (C=O) groups is 2. The number of ketones is 1. The van der Waals surface area contributed by atoms with Gasteiger partial charge in [-0.25, -0.2) is 19.0 Å². The van der Waals surface area contributed by atoms with Crippen LogP contribution in [0.2, 0.25) is 0 Å². The first-order chi connectivity index (χ1) is 17.2. The second kappa shape index (κ2) is 10.2. The number of rotatable bonds is 8. The Morgan fingerprint density at radius 1 is 1.08 bits per heavy atom. The number of nitrogens with zero attached hydrogens (tertiary/aromatic N) is 6. The molecule has 4 aromatic rings. The molecule has 0 spiro atoms. The van der Waals surface area contributed by atoms with Gasteiger partial charge in [-0.2, -0.15) is 10.2 Å². The number of amides is 1. The first-order valence-electron chi connectivity index (χ1n) is 11.6. The molecule has 186 valence electrons. The Bertz CT molecular complexity index is 1440. The van der Waals surface area contributed by atoms with E-state index in [-0.39, 0.29) is 24.1 Å². The maximum absolute atomic E-state index is 13.4. The van der Waals surface area contributed by atoms with E-state index in [1.807, 2.05) is 17.8 Å². The SMILES string of the molecule is CCc1c(-c2ccc(F)cc2)nn(C)c1Cc1cc(-n2nc(C)c(C(=O)CNC(C)=O)c2C)ncn1. The predicted octanol–water partition coefficient (Wildman–Crippen LogP) is 3.29. The van der Waals surface area contributed by atoms with Crippen LogP contribution in [0.3, 0.4) is 0 Å². The van der Waals surface area contributed by atoms with E-state index in [4.69, 9.17) is 5.10 Å². The molecular weight excluding hydrogens is 461 g/mol. The summed E-state index contributed by atoms with van der Waals surface area (Å²) in [6, 6.07) is 8.17. The monoisotopic (exact) mass is 489 g/mol. The molecule has 0 aliphatic rings. The lowest BCUT2D eigenvalue weighted by Crippen LogP contribution is -2.27. The lowest BCUT2D eigenvalue weighted by Gasteiger charge is -2.08. The lowest BCUT2D eigenvalue weighted by molar-refractivity contribution is -0.118. The van der Waals surface area contributed by atoms with E-state index in [1.54, 1.807) is 30.7 Å². The van der Waals surface area contributed by atoms with Crippen molar-refractivity contribution in [2.75, 3.05) is 6.54 Å². The third-order valence-corrected chi connectivity index (χ3v) is 6.09. The molecule has 0 aliphatic heterocycles. The quantitative estimate of drug-likeness (QED) is 0.381. The van der Waals surface area contributed by atoms with Gasteiger partial charge in [0.05, 0.1) is 34.9 Å². The van der Waals surface area contributed by atoms with Crippen molar-refractivity contribution in [3.8, 4) is 17.1 Å². The molecule has 0 fully saturated rings. The van der Waals surface area contributed by atoms with Crippen LogP contribution >= 0.6 is 0 Å². The molecule has 1 aromatic carbocycles. The van der Waals surface area contributed by atoms with Crippen molar-refractivity contribution in [3.05, 3.63) is 76.4 Å². The van der Waals surface area contributed by atoms with Crippen LogP contribution in [0, 0.1) is 19.7 Å². The van der Waals surface area contributed by atoms with Crippen LogP contribution in [-0.4, -0.2) is 47.8 Å². The van der Waals surface area contributed by atoms with E-state index in [0.717, 1.165) is 34.6 Å². The number of hydrogen-bond acceptors (Lipinski definition) is 6. The molecule has 0 radical (unpaired) electrons. The van der Waals surface area contributed by atoms with Crippen LogP contribution < -0.4 is 5.32 Å². The van der Waals surface area contributed by atoms with Crippen molar-refractivity contribution in [2.45, 2.75) is 40.5 Å². The van der Waals surface area contributed by atoms with E-state index in [1.165, 1.54) is 25.4 Å². The maximum atomic E-state index is 13.4. The van der Waals surface area contributed by atoms with Crippen LogP contribution in [0.15, 0.2) is 36.7 Å². The van der Waals surface area contributed by atoms with Crippen molar-refractivity contribution in [1.29, 1.82) is 0 Å². The van der Waals surface area contributed by atoms with E-state index in [0.29, 0.717) is 29.2 Å². The number of nitrogens with one attached hydrogen (secondary N) is 1. The van der Waals surface area contributed by atoms with Gasteiger partial charge in [0, 0.05) is 43.3 Å². The van der Waals surface area contributed by atoms with Gasteiger partial charge < -0.3 is 5.32 Å². The molecular formula is C26H28FN7O2. The zero-order valence-electron chi connectivity index (χ0n) is 21.0. The molecule has 3 aromatic heterocycles. The molecule has 0 saturated heterocycles. The Hall–Kier alpha value is -4.21. The zero-order valence-corrected chi connectivity index (χ0v) is 21.0. The molecule has 4 rings (SSSR count). The average molecular weight is 490 g/mol. The van der Waals surface area contributed by atoms with Crippen LogP contribution in [0.4, 0.5) is 4.39 Å². The molecule has 36 heavy (non-hydrogen) atoms. The minimum absolute atomic E-state index is 0.0889. The van der Waals surface area contributed by atoms with Gasteiger partial charge in [0.2, 0.25) is 5.91 Å². The number of benzene rings is 1. The van der Waals surface area contributed by atoms with E-state index >= 15 is 0 Å². The summed E-state index contributed by atoms with van der Waals surface area (Å²) in [5.74, 6) is -0.226. The van der Waals surface area contributed by atoms with Gasteiger partial charge in [0.1, 0.15) is 12.1 Å². The van der Waals surface area contributed by atoms with Gasteiger partial charge in [0.25, 0.3) is 0 Å². The second-order valence-corrected chi connectivity index (χ2v) is 8.59. The van der Waals surface area contributed by atoms with Crippen molar-refractivity contribution in [3.63, 3.8) is 0 Å². The number of halogens is 1. The molecule has 9 nitrogen and oxygen atoms in total. The van der Waals surface area contributed by atoms with Crippen LogP contribution in [-0.2, 0) is 24.7 Å². The molecule has 0 unspecified atom stereocenters. The van der Waals surface area contributed by atoms with Crippen LogP contribution in [0.25, 0.3) is 17.1 Å². The number of aromatic nitrogens is 6. The highest BCUT2D eigenvalue weighted by atomic mass is 19.1. The van der Waals surface area contributed by atoms with Crippen LogP contribution in [0.5, 0.6) is 0 Å². The Kier molecular flexibility index (Phi) is 7.05. The topological polar surface area (TPSA) is 108 Å². The summed E-state index contributed by atoms with van der Waals surface area (Å²) in [6.45, 7) is 6.90. The molecule has 1 N–H and O–H groups in total. The Balaban J connectivity index is 1.65. The van der Waals surface area contributed by atoms with Gasteiger partial charge in [-0.05, 0) is 44.5 Å². The second-order valence-electron chi connectivity index (χ2n) is 8.59. The minimum atomic E-state index is -0.286. The molecule has 0 bridgehead atoms. The summed E-state index contributed by atoms with van der Waals surface area (Å²) in [5, 5.41) is 11.8. The molecule has 1 amide bonds. The standard InChI is InChI=1S/C26H28FN7O2/c1-6-21-22(33(5)32-26(21)18-7-9-19(27)10-8-18)11-20-12-24(30-14-29-20)34-16(3)25(15(2)31-34)23(36)13-28-17(4)35/h7-10,12,14H,6,11,13H2,1-5H3,(H,28,35). The molecule has 0 saturated carbocycles. The fourth-order valence-corrected chi connectivity index (χ4v) is 4.37. The first-order valence-corrected chi connectivity index (χ1v) is 11.6. The normalized spacial score (nSPS) is 11.1. The smallest absolute Gasteiger partial charge is 0.217 e. The van der Waals surface area contributed by atoms with Crippen molar-refractivity contribution >= 4 is 11.7 Å². The summed E-state index contributed by atoms with van der Waals surface area (Å²) in [7, 11) is 1.89. The van der Waals surface area contributed by atoms with E-state index < -0.39 is 0 Å². The van der Waals surface area contributed by atoms with Gasteiger partial charge in [-0.15, -0.1) is 0 Å². The number of hydrogen-bond donors (Lipinski definition) is 1. The van der Waals surface area contributed by atoms with E-state index in [9.17, 15) is 14.0 Å². The summed E-state index contributed by atoms with van der Waals surface area (Å²) in [4.78, 5) is 32.7. The minimum Gasteiger partial charge on any atom is -0.349 e. The highest BCUT2D eigenvalue weighted by Crippen LogP contribution is 2.27. The summed E-state index contributed by atoms with van der Waals surface area (Å²) in [5.41, 5.74) is 6.19. The largest absolute Gasteiger partial charge is 0.349 e.